The Balaban J connectivity index is 1.93. The van der Waals surface area contributed by atoms with E-state index in [1.165, 1.54) is 46.3 Å². The maximum absolute atomic E-state index is 11.9. The smallest absolute Gasteiger partial charge is 0.294 e. The summed E-state index contributed by atoms with van der Waals surface area (Å²) in [7, 11) is -11.5. The molecule has 0 radical (unpaired) electrons. The number of aromatic hydroxyl groups is 1. The fourth-order valence-corrected chi connectivity index (χ4v) is 6.20. The first-order valence-electron chi connectivity index (χ1n) is 12.0. The van der Waals surface area contributed by atoms with E-state index in [0.717, 1.165) is 30.3 Å². The Morgan fingerprint density at radius 2 is 1.18 bits per heavy atom. The van der Waals surface area contributed by atoms with E-state index in [9.17, 15) is 44.0 Å². The molecule has 0 aliphatic heterocycles. The molecule has 4 aromatic carbocycles. The Labute approximate surface area is 251 Å². The lowest BCUT2D eigenvalue weighted by Gasteiger charge is -2.16. The first-order valence-corrected chi connectivity index (χ1v) is 16.4. The van der Waals surface area contributed by atoms with Crippen LogP contribution in [-0.2, 0) is 30.4 Å². The standard InChI is InChI=1S/C26H24N2O13S3/c1-13-7-18(21(39-3)11-24(13)43(33,34)35)27-28-26-16-6-5-15(42(30,31)32)9-17(16)20(10-19(26)29)41-23-8-14(2)25(44(36,37)38)12-22(23)40-4/h5-12,29H,1-4H3,(H,30,31,32)(H,33,34,35)(H,36,37,38). The highest BCUT2D eigenvalue weighted by Crippen LogP contribution is 2.46. The van der Waals surface area contributed by atoms with Crippen molar-refractivity contribution in [3.05, 3.63) is 59.7 Å². The minimum atomic E-state index is -4.71. The van der Waals surface area contributed by atoms with E-state index in [0.29, 0.717) is 0 Å². The Kier molecular flexibility index (Phi) is 8.62. The summed E-state index contributed by atoms with van der Waals surface area (Å²) in [5.74, 6) is -0.998. The van der Waals surface area contributed by atoms with Crippen LogP contribution in [-0.4, -0.2) is 58.2 Å². The van der Waals surface area contributed by atoms with Gasteiger partial charge in [-0.1, -0.05) is 6.07 Å². The average molecular weight is 669 g/mol. The Morgan fingerprint density at radius 1 is 0.614 bits per heavy atom. The molecule has 0 aromatic heterocycles. The molecule has 4 N–H and O–H groups in total. The molecule has 0 saturated carbocycles. The average Bonchev–Trinajstić information content (AvgIpc) is 2.90. The Morgan fingerprint density at radius 3 is 1.73 bits per heavy atom. The third kappa shape index (κ3) is 6.59. The monoisotopic (exact) mass is 668 g/mol. The molecule has 18 heteroatoms. The van der Waals surface area contributed by atoms with Crippen molar-refractivity contribution in [1.82, 2.24) is 0 Å². The number of rotatable bonds is 9. The number of phenols is 1. The van der Waals surface area contributed by atoms with E-state index in [1.54, 1.807) is 0 Å². The summed E-state index contributed by atoms with van der Waals surface area (Å²) in [4.78, 5) is -1.41. The van der Waals surface area contributed by atoms with E-state index in [2.05, 4.69) is 10.2 Å². The first kappa shape index (κ1) is 32.6. The maximum atomic E-state index is 11.9. The van der Waals surface area contributed by atoms with Crippen LogP contribution in [0.4, 0.5) is 11.4 Å². The van der Waals surface area contributed by atoms with Gasteiger partial charge in [0.2, 0.25) is 0 Å². The van der Waals surface area contributed by atoms with Crippen LogP contribution < -0.4 is 14.2 Å². The predicted octanol–water partition coefficient (Wildman–Crippen LogP) is 5.13. The van der Waals surface area contributed by atoms with Crippen LogP contribution >= 0.6 is 0 Å². The zero-order valence-corrected chi connectivity index (χ0v) is 25.7. The SMILES string of the molecule is COc1cc(S(=O)(=O)O)c(C)cc1N=Nc1c(O)cc(Oc2cc(C)c(S(=O)(=O)O)cc2OC)c2cc(S(=O)(=O)O)ccc12. The van der Waals surface area contributed by atoms with Crippen molar-refractivity contribution in [1.29, 1.82) is 0 Å². The predicted molar refractivity (Wildman–Crippen MR) is 155 cm³/mol. The molecule has 0 saturated heterocycles. The summed E-state index contributed by atoms with van der Waals surface area (Å²) >= 11 is 0. The topological polar surface area (TPSA) is 236 Å². The number of nitrogens with zero attached hydrogens (tertiary/aromatic N) is 2. The van der Waals surface area contributed by atoms with Gasteiger partial charge in [0.25, 0.3) is 30.4 Å². The molecular weight excluding hydrogens is 644 g/mol. The second-order valence-electron chi connectivity index (χ2n) is 9.24. The third-order valence-electron chi connectivity index (χ3n) is 6.29. The van der Waals surface area contributed by atoms with Crippen LogP contribution in [0.15, 0.2) is 73.4 Å². The van der Waals surface area contributed by atoms with Crippen molar-refractivity contribution in [3.63, 3.8) is 0 Å². The summed E-state index contributed by atoms with van der Waals surface area (Å²) in [6.07, 6.45) is 0. The molecule has 0 aliphatic rings. The van der Waals surface area contributed by atoms with E-state index < -0.39 is 50.8 Å². The molecular formula is C26H24N2O13S3. The molecule has 0 unspecified atom stereocenters. The van der Waals surface area contributed by atoms with Gasteiger partial charge in [-0.15, -0.1) is 10.2 Å². The van der Waals surface area contributed by atoms with Crippen molar-refractivity contribution in [2.75, 3.05) is 14.2 Å². The Hall–Kier alpha value is -4.33. The highest BCUT2D eigenvalue weighted by molar-refractivity contribution is 7.86. The van der Waals surface area contributed by atoms with Gasteiger partial charge in [-0.25, -0.2) is 0 Å². The van der Waals surface area contributed by atoms with Crippen LogP contribution in [0.2, 0.25) is 0 Å². The molecule has 15 nitrogen and oxygen atoms in total. The highest BCUT2D eigenvalue weighted by Gasteiger charge is 2.22. The quantitative estimate of drug-likeness (QED) is 0.134. The molecule has 0 atom stereocenters. The molecule has 0 bridgehead atoms. The van der Waals surface area contributed by atoms with E-state index in [1.807, 2.05) is 0 Å². The maximum Gasteiger partial charge on any atom is 0.294 e. The van der Waals surface area contributed by atoms with Crippen molar-refractivity contribution < 1.29 is 58.2 Å². The normalized spacial score (nSPS) is 12.5. The number of ether oxygens (including phenoxy) is 3. The van der Waals surface area contributed by atoms with Gasteiger partial charge in [-0.3, -0.25) is 13.7 Å². The minimum Gasteiger partial charge on any atom is -0.505 e. The summed E-state index contributed by atoms with van der Waals surface area (Å²) in [5.41, 5.74) is 0.00361. The van der Waals surface area contributed by atoms with Gasteiger partial charge >= 0.3 is 0 Å². The molecule has 0 aliphatic carbocycles. The molecule has 4 aromatic rings. The van der Waals surface area contributed by atoms with Gasteiger partial charge in [-0.2, -0.15) is 25.3 Å². The number of hydrogen-bond acceptors (Lipinski definition) is 12. The third-order valence-corrected chi connectivity index (χ3v) is 9.13. The second-order valence-corrected chi connectivity index (χ2v) is 13.4. The first-order chi connectivity index (χ1) is 20.3. The molecule has 4 rings (SSSR count). The van der Waals surface area contributed by atoms with Crippen LogP contribution in [0.1, 0.15) is 11.1 Å². The highest BCUT2D eigenvalue weighted by atomic mass is 32.2. The summed E-state index contributed by atoms with van der Waals surface area (Å²) in [6, 6.07) is 8.89. The lowest BCUT2D eigenvalue weighted by atomic mass is 10.1. The van der Waals surface area contributed by atoms with Crippen molar-refractivity contribution in [2.24, 2.45) is 10.2 Å². The van der Waals surface area contributed by atoms with E-state index in [4.69, 9.17) is 14.2 Å². The molecule has 0 heterocycles. The number of methoxy groups -OCH3 is 2. The zero-order valence-electron chi connectivity index (χ0n) is 23.2. The summed E-state index contributed by atoms with van der Waals surface area (Å²) < 4.78 is 116. The number of aryl methyl sites for hydroxylation is 2. The fourth-order valence-electron chi connectivity index (χ4n) is 4.25. The van der Waals surface area contributed by atoms with Gasteiger partial charge in [0, 0.05) is 29.0 Å². The van der Waals surface area contributed by atoms with Crippen LogP contribution in [0.5, 0.6) is 28.7 Å². The Bertz CT molecular complexity index is 2180. The number of benzene rings is 4. The molecule has 234 valence electrons. The van der Waals surface area contributed by atoms with Crippen molar-refractivity contribution >= 4 is 52.5 Å². The minimum absolute atomic E-state index is 0.00435. The number of azo groups is 1. The van der Waals surface area contributed by atoms with E-state index in [-0.39, 0.29) is 56.3 Å². The number of fused-ring (bicyclic) bond motifs is 1. The summed E-state index contributed by atoms with van der Waals surface area (Å²) in [6.45, 7) is 2.78. The van der Waals surface area contributed by atoms with Crippen LogP contribution in [0, 0.1) is 13.8 Å². The fraction of sp³-hybridized carbons (Fsp3) is 0.154. The molecule has 44 heavy (non-hydrogen) atoms. The molecule has 0 fully saturated rings. The number of phenolic OH excluding ortho intramolecular Hbond substituents is 1. The lowest BCUT2D eigenvalue weighted by molar-refractivity contribution is 0.377. The van der Waals surface area contributed by atoms with Gasteiger partial charge in [0.1, 0.15) is 38.4 Å². The lowest BCUT2D eigenvalue weighted by Crippen LogP contribution is -2.03. The van der Waals surface area contributed by atoms with Gasteiger partial charge in [0.05, 0.1) is 19.1 Å². The summed E-state index contributed by atoms with van der Waals surface area (Å²) in [5, 5.41) is 19.1. The van der Waals surface area contributed by atoms with Crippen LogP contribution in [0.25, 0.3) is 10.8 Å². The van der Waals surface area contributed by atoms with Crippen molar-refractivity contribution in [2.45, 2.75) is 28.5 Å². The van der Waals surface area contributed by atoms with Gasteiger partial charge in [-0.05, 0) is 49.2 Å². The van der Waals surface area contributed by atoms with Crippen molar-refractivity contribution in [3.8, 4) is 28.7 Å². The second kappa shape index (κ2) is 11.6. The number of hydrogen-bond donors (Lipinski definition) is 4. The zero-order chi connectivity index (χ0) is 32.8. The molecule has 0 spiro atoms. The van der Waals surface area contributed by atoms with Gasteiger partial charge in [0.15, 0.2) is 11.5 Å². The van der Waals surface area contributed by atoms with E-state index >= 15 is 0 Å². The van der Waals surface area contributed by atoms with Crippen LogP contribution in [0.3, 0.4) is 0 Å². The molecule has 0 amide bonds. The van der Waals surface area contributed by atoms with Gasteiger partial charge < -0.3 is 19.3 Å². The largest absolute Gasteiger partial charge is 0.505 e.